The van der Waals surface area contributed by atoms with Crippen molar-refractivity contribution in [3.8, 4) is 11.5 Å². The average Bonchev–Trinajstić information content (AvgIpc) is 2.67. The molecule has 0 atom stereocenters. The highest BCUT2D eigenvalue weighted by Gasteiger charge is 2.25. The standard InChI is InChI=1S/C20H25N2O5/c1-22(9-12-25-13-10-22)11-14-26-20-15-18(7-8-19(20)21(23)24)27-16-17-5-3-2-4-6-17/h2-8,15H,9-14,16H2,1H3/q+1. The molecule has 7 heteroatoms. The first-order chi connectivity index (χ1) is 13.1. The van der Waals surface area contributed by atoms with Crippen LogP contribution in [-0.2, 0) is 11.3 Å². The molecule has 0 aliphatic carbocycles. The molecule has 1 heterocycles. The Morgan fingerprint density at radius 1 is 1.11 bits per heavy atom. The fourth-order valence-corrected chi connectivity index (χ4v) is 2.97. The summed E-state index contributed by atoms with van der Waals surface area (Å²) in [6, 6.07) is 14.4. The van der Waals surface area contributed by atoms with Crippen molar-refractivity contribution >= 4 is 5.69 Å². The van der Waals surface area contributed by atoms with Gasteiger partial charge >= 0.3 is 5.69 Å². The van der Waals surface area contributed by atoms with Crippen molar-refractivity contribution in [2.24, 2.45) is 0 Å². The summed E-state index contributed by atoms with van der Waals surface area (Å²) in [6.07, 6.45) is 0. The quantitative estimate of drug-likeness (QED) is 0.404. The van der Waals surface area contributed by atoms with Gasteiger partial charge in [-0.2, -0.15) is 0 Å². The van der Waals surface area contributed by atoms with Crippen LogP contribution >= 0.6 is 0 Å². The molecule has 0 unspecified atom stereocenters. The maximum atomic E-state index is 11.3. The van der Waals surface area contributed by atoms with E-state index in [-0.39, 0.29) is 11.4 Å². The van der Waals surface area contributed by atoms with Crippen LogP contribution in [0.5, 0.6) is 11.5 Å². The molecule has 0 spiro atoms. The fraction of sp³-hybridized carbons (Fsp3) is 0.400. The van der Waals surface area contributed by atoms with E-state index in [4.69, 9.17) is 14.2 Å². The summed E-state index contributed by atoms with van der Waals surface area (Å²) >= 11 is 0. The molecule has 0 radical (unpaired) electrons. The van der Waals surface area contributed by atoms with Crippen LogP contribution in [0.1, 0.15) is 5.56 Å². The monoisotopic (exact) mass is 373 g/mol. The number of rotatable bonds is 8. The van der Waals surface area contributed by atoms with Gasteiger partial charge in [0.05, 0.1) is 25.2 Å². The lowest BCUT2D eigenvalue weighted by atomic mass is 10.2. The van der Waals surface area contributed by atoms with Crippen molar-refractivity contribution in [2.45, 2.75) is 6.61 Å². The Labute approximate surface area is 158 Å². The molecule has 1 aliphatic heterocycles. The van der Waals surface area contributed by atoms with E-state index in [1.54, 1.807) is 12.1 Å². The van der Waals surface area contributed by atoms with E-state index in [1.165, 1.54) is 6.07 Å². The van der Waals surface area contributed by atoms with Crippen LogP contribution in [0.3, 0.4) is 0 Å². The molecule has 2 aromatic carbocycles. The Bertz CT molecular complexity index is 760. The molecule has 3 rings (SSSR count). The molecule has 1 saturated heterocycles. The number of ether oxygens (including phenoxy) is 3. The van der Waals surface area contributed by atoms with E-state index in [1.807, 2.05) is 30.3 Å². The number of likely N-dealkylation sites (N-methyl/N-ethyl adjacent to an activating group) is 1. The summed E-state index contributed by atoms with van der Waals surface area (Å²) in [5, 5.41) is 11.3. The molecule has 144 valence electrons. The van der Waals surface area contributed by atoms with Crippen molar-refractivity contribution in [1.82, 2.24) is 0 Å². The van der Waals surface area contributed by atoms with Gasteiger partial charge in [0, 0.05) is 12.1 Å². The normalized spacial score (nSPS) is 15.9. The van der Waals surface area contributed by atoms with Crippen LogP contribution in [-0.4, -0.2) is 55.9 Å². The van der Waals surface area contributed by atoms with Gasteiger partial charge in [0.15, 0.2) is 0 Å². The van der Waals surface area contributed by atoms with Crippen molar-refractivity contribution in [1.29, 1.82) is 0 Å². The largest absolute Gasteiger partial charge is 0.489 e. The molecule has 0 saturated carbocycles. The maximum absolute atomic E-state index is 11.3. The number of nitro benzene ring substituents is 1. The second-order valence-corrected chi connectivity index (χ2v) is 6.91. The lowest BCUT2D eigenvalue weighted by Crippen LogP contribution is -2.53. The number of quaternary nitrogens is 1. The van der Waals surface area contributed by atoms with Gasteiger partial charge in [-0.25, -0.2) is 0 Å². The summed E-state index contributed by atoms with van der Waals surface area (Å²) in [5.41, 5.74) is 0.981. The first-order valence-electron chi connectivity index (χ1n) is 9.05. The van der Waals surface area contributed by atoms with Gasteiger partial charge in [0.1, 0.15) is 38.6 Å². The molecule has 1 fully saturated rings. The number of nitrogens with zero attached hydrogens (tertiary/aromatic N) is 2. The predicted octanol–water partition coefficient (Wildman–Crippen LogP) is 3.03. The van der Waals surface area contributed by atoms with Crippen molar-refractivity contribution in [3.05, 3.63) is 64.2 Å². The molecule has 0 aromatic heterocycles. The van der Waals surface area contributed by atoms with E-state index in [9.17, 15) is 10.1 Å². The zero-order chi connectivity index (χ0) is 19.1. The summed E-state index contributed by atoms with van der Waals surface area (Å²) in [7, 11) is 2.15. The van der Waals surface area contributed by atoms with Crippen molar-refractivity contribution < 1.29 is 23.6 Å². The molecule has 0 N–H and O–H groups in total. The number of hydrogen-bond acceptors (Lipinski definition) is 5. The Morgan fingerprint density at radius 2 is 1.85 bits per heavy atom. The number of benzene rings is 2. The van der Waals surface area contributed by atoms with Crippen LogP contribution in [0.15, 0.2) is 48.5 Å². The van der Waals surface area contributed by atoms with E-state index in [2.05, 4.69) is 7.05 Å². The van der Waals surface area contributed by atoms with E-state index in [0.29, 0.717) is 19.0 Å². The second kappa shape index (κ2) is 8.83. The second-order valence-electron chi connectivity index (χ2n) is 6.91. The molecule has 7 nitrogen and oxygen atoms in total. The minimum absolute atomic E-state index is 0.0494. The van der Waals surface area contributed by atoms with Gasteiger partial charge < -0.3 is 18.7 Å². The maximum Gasteiger partial charge on any atom is 0.311 e. The van der Waals surface area contributed by atoms with Gasteiger partial charge in [0.25, 0.3) is 0 Å². The highest BCUT2D eigenvalue weighted by atomic mass is 16.6. The third-order valence-corrected chi connectivity index (χ3v) is 4.82. The first-order valence-corrected chi connectivity index (χ1v) is 9.05. The fourth-order valence-electron chi connectivity index (χ4n) is 2.97. The number of hydrogen-bond donors (Lipinski definition) is 0. The molecule has 27 heavy (non-hydrogen) atoms. The Kier molecular flexibility index (Phi) is 6.26. The molecular formula is C20H25N2O5+. The molecule has 1 aliphatic rings. The van der Waals surface area contributed by atoms with Gasteiger partial charge in [-0.3, -0.25) is 10.1 Å². The van der Waals surface area contributed by atoms with Gasteiger partial charge in [-0.15, -0.1) is 0 Å². The lowest BCUT2D eigenvalue weighted by Gasteiger charge is -2.37. The molecule has 0 bridgehead atoms. The summed E-state index contributed by atoms with van der Waals surface area (Å²) in [5.74, 6) is 0.789. The lowest BCUT2D eigenvalue weighted by molar-refractivity contribution is -0.916. The van der Waals surface area contributed by atoms with Gasteiger partial charge in [-0.05, 0) is 11.6 Å². The summed E-state index contributed by atoms with van der Waals surface area (Å²) in [4.78, 5) is 10.9. The van der Waals surface area contributed by atoms with E-state index < -0.39 is 4.92 Å². The van der Waals surface area contributed by atoms with Gasteiger partial charge in [-0.1, -0.05) is 30.3 Å². The van der Waals surface area contributed by atoms with E-state index >= 15 is 0 Å². The Hall–Kier alpha value is -2.64. The van der Waals surface area contributed by atoms with Crippen LogP contribution in [0, 0.1) is 10.1 Å². The van der Waals surface area contributed by atoms with Crippen LogP contribution in [0.4, 0.5) is 5.69 Å². The highest BCUT2D eigenvalue weighted by molar-refractivity contribution is 5.50. The Balaban J connectivity index is 1.63. The third-order valence-electron chi connectivity index (χ3n) is 4.82. The molecule has 0 amide bonds. The topological polar surface area (TPSA) is 70.8 Å². The minimum Gasteiger partial charge on any atom is -0.489 e. The summed E-state index contributed by atoms with van der Waals surface area (Å²) < 4.78 is 17.8. The van der Waals surface area contributed by atoms with Crippen molar-refractivity contribution in [2.75, 3.05) is 46.5 Å². The Morgan fingerprint density at radius 3 is 2.56 bits per heavy atom. The van der Waals surface area contributed by atoms with Crippen LogP contribution in [0.25, 0.3) is 0 Å². The zero-order valence-electron chi connectivity index (χ0n) is 15.5. The zero-order valence-corrected chi connectivity index (χ0v) is 15.5. The van der Waals surface area contributed by atoms with Gasteiger partial charge in [0.2, 0.25) is 5.75 Å². The third kappa shape index (κ3) is 5.42. The average molecular weight is 373 g/mol. The first kappa shape index (κ1) is 19.1. The smallest absolute Gasteiger partial charge is 0.311 e. The summed E-state index contributed by atoms with van der Waals surface area (Å²) in [6.45, 7) is 4.89. The SMILES string of the molecule is C[N+]1(CCOc2cc(OCc3ccccc3)ccc2[N+](=O)[O-])CCOCC1. The van der Waals surface area contributed by atoms with E-state index in [0.717, 1.165) is 42.9 Å². The number of nitro groups is 1. The number of morpholine rings is 1. The molecular weight excluding hydrogens is 348 g/mol. The highest BCUT2D eigenvalue weighted by Crippen LogP contribution is 2.31. The predicted molar refractivity (Wildman–Crippen MR) is 101 cm³/mol. The minimum atomic E-state index is -0.429. The van der Waals surface area contributed by atoms with Crippen LogP contribution in [0.2, 0.25) is 0 Å². The van der Waals surface area contributed by atoms with Crippen molar-refractivity contribution in [3.63, 3.8) is 0 Å². The molecule has 2 aromatic rings. The van der Waals surface area contributed by atoms with Crippen LogP contribution < -0.4 is 9.47 Å².